The van der Waals surface area contributed by atoms with E-state index in [2.05, 4.69) is 4.72 Å². The largest absolute Gasteiger partial charge is 0.490 e. The number of benzene rings is 2. The zero-order valence-electron chi connectivity index (χ0n) is 26.8. The molecule has 2 heterocycles. The van der Waals surface area contributed by atoms with Crippen molar-refractivity contribution in [1.82, 2.24) is 9.21 Å². The van der Waals surface area contributed by atoms with Crippen molar-refractivity contribution in [3.05, 3.63) is 71.4 Å². The van der Waals surface area contributed by atoms with Gasteiger partial charge in [-0.25, -0.2) is 21.2 Å². The summed E-state index contributed by atoms with van der Waals surface area (Å²) in [6.07, 6.45) is 1.12. The first kappa shape index (κ1) is 36.8. The number of rotatable bonds is 9. The number of ether oxygens (including phenoxy) is 2. The van der Waals surface area contributed by atoms with Gasteiger partial charge in [-0.2, -0.15) is 4.31 Å². The molecule has 0 saturated heterocycles. The third-order valence-electron chi connectivity index (χ3n) is 8.02. The van der Waals surface area contributed by atoms with Crippen molar-refractivity contribution in [2.24, 2.45) is 5.92 Å². The van der Waals surface area contributed by atoms with Gasteiger partial charge in [0.15, 0.2) is 0 Å². The molecule has 0 spiro atoms. The molecule has 47 heavy (non-hydrogen) atoms. The summed E-state index contributed by atoms with van der Waals surface area (Å²) in [5.74, 6) is -1.18. The minimum absolute atomic E-state index is 0.0405. The molecular weight excluding hydrogens is 670 g/mol. The third kappa shape index (κ3) is 9.30. The smallest absolute Gasteiger partial charge is 0.271 e. The van der Waals surface area contributed by atoms with Gasteiger partial charge in [0.25, 0.3) is 15.9 Å². The number of hydrogen-bond donors (Lipinski definition) is 2. The summed E-state index contributed by atoms with van der Waals surface area (Å²) in [5, 5.41) is 11.8. The van der Waals surface area contributed by atoms with Gasteiger partial charge in [-0.05, 0) is 87.0 Å². The first-order valence-corrected chi connectivity index (χ1v) is 19.2. The summed E-state index contributed by atoms with van der Waals surface area (Å²) in [7, 11) is -6.45. The summed E-state index contributed by atoms with van der Waals surface area (Å²) >= 11 is 1.06. The van der Waals surface area contributed by atoms with E-state index in [0.717, 1.165) is 34.2 Å². The van der Waals surface area contributed by atoms with Gasteiger partial charge < -0.3 is 19.5 Å². The Balaban J connectivity index is 1.67. The maximum absolute atomic E-state index is 14.3. The van der Waals surface area contributed by atoms with Crippen LogP contribution in [0.3, 0.4) is 0 Å². The molecule has 15 heteroatoms. The second-order valence-corrected chi connectivity index (χ2v) is 16.7. The van der Waals surface area contributed by atoms with Crippen LogP contribution < -0.4 is 9.46 Å². The Labute approximate surface area is 280 Å². The Bertz CT molecular complexity index is 1700. The lowest BCUT2D eigenvalue weighted by Gasteiger charge is -2.35. The van der Waals surface area contributed by atoms with Crippen molar-refractivity contribution < 1.29 is 40.6 Å². The third-order valence-corrected chi connectivity index (χ3v) is 12.6. The van der Waals surface area contributed by atoms with E-state index in [1.807, 2.05) is 13.8 Å². The average molecular weight is 712 g/mol. The first-order chi connectivity index (χ1) is 22.2. The van der Waals surface area contributed by atoms with Crippen LogP contribution in [0.2, 0.25) is 0 Å². The fraction of sp³-hybridized carbons (Fsp3) is 0.469. The minimum Gasteiger partial charge on any atom is -0.490 e. The van der Waals surface area contributed by atoms with E-state index in [4.69, 9.17) is 9.47 Å². The van der Waals surface area contributed by atoms with Crippen LogP contribution >= 0.6 is 11.3 Å². The molecule has 0 aliphatic carbocycles. The van der Waals surface area contributed by atoms with Gasteiger partial charge in [-0.1, -0.05) is 13.0 Å². The number of aliphatic hydroxyl groups excluding tert-OH is 1. The molecule has 2 aromatic carbocycles. The summed E-state index contributed by atoms with van der Waals surface area (Å²) in [6.45, 7) is 5.42. The standard InChI is InChI=1S/C32H42FN3O8S3/c1-22-19-36(23(2)21-37)32(38)28-18-26(34-46(39,40)31-9-7-17-45-31)12-15-29(28)44-24(3)8-5-6-16-43-30(22)20-35(4)47(41,42)27-13-10-25(33)11-14-27/h7,9-15,17-18,22-24,30,34,37H,5-6,8,16,19-21H2,1-4H3/t22-,23-,24+,30-/m1/s1. The average Bonchev–Trinajstić information content (AvgIpc) is 3.59. The quantitative estimate of drug-likeness (QED) is 0.322. The van der Waals surface area contributed by atoms with Crippen LogP contribution in [0.15, 0.2) is 69.1 Å². The molecule has 0 saturated carbocycles. The van der Waals surface area contributed by atoms with Crippen molar-refractivity contribution in [2.75, 3.05) is 38.1 Å². The number of nitrogens with one attached hydrogen (secondary N) is 1. The maximum atomic E-state index is 14.3. The number of likely N-dealkylation sites (N-methyl/N-ethyl adjacent to an activating group) is 1. The Morgan fingerprint density at radius 2 is 1.83 bits per heavy atom. The number of amides is 1. The molecular formula is C32H42FN3O8S3. The van der Waals surface area contributed by atoms with Crippen molar-refractivity contribution in [2.45, 2.75) is 67.4 Å². The minimum atomic E-state index is -3.97. The lowest BCUT2D eigenvalue weighted by atomic mass is 10.0. The predicted octanol–water partition coefficient (Wildman–Crippen LogP) is 4.80. The topological polar surface area (TPSA) is 143 Å². The van der Waals surface area contributed by atoms with E-state index < -0.39 is 49.8 Å². The monoisotopic (exact) mass is 711 g/mol. The molecule has 0 bridgehead atoms. The maximum Gasteiger partial charge on any atom is 0.271 e. The van der Waals surface area contributed by atoms with Crippen molar-refractivity contribution in [3.8, 4) is 5.75 Å². The molecule has 1 aliphatic rings. The first-order valence-electron chi connectivity index (χ1n) is 15.3. The fourth-order valence-corrected chi connectivity index (χ4v) is 8.43. The summed E-state index contributed by atoms with van der Waals surface area (Å²) < 4.78 is 82.3. The number of halogens is 1. The van der Waals surface area contributed by atoms with E-state index >= 15 is 0 Å². The fourth-order valence-electron chi connectivity index (χ4n) is 5.21. The second-order valence-electron chi connectivity index (χ2n) is 11.8. The van der Waals surface area contributed by atoms with Crippen LogP contribution in [0.1, 0.15) is 50.4 Å². The molecule has 0 radical (unpaired) electrons. The molecule has 3 aromatic rings. The molecule has 4 atom stereocenters. The van der Waals surface area contributed by atoms with Gasteiger partial charge in [0.05, 0.1) is 35.3 Å². The Morgan fingerprint density at radius 1 is 1.11 bits per heavy atom. The lowest BCUT2D eigenvalue weighted by molar-refractivity contribution is -0.00833. The number of nitrogens with zero attached hydrogens (tertiary/aromatic N) is 2. The van der Waals surface area contributed by atoms with Crippen LogP contribution in [0.5, 0.6) is 5.75 Å². The molecule has 0 fully saturated rings. The van der Waals surface area contributed by atoms with Gasteiger partial charge in [-0.15, -0.1) is 11.3 Å². The highest BCUT2D eigenvalue weighted by atomic mass is 32.2. The van der Waals surface area contributed by atoms with Crippen molar-refractivity contribution in [1.29, 1.82) is 0 Å². The highest BCUT2D eigenvalue weighted by Gasteiger charge is 2.32. The SMILES string of the molecule is C[C@@H]1CN([C@H](C)CO)C(=O)c2cc(NS(=O)(=O)c3cccs3)ccc2O[C@@H](C)CCCCO[C@@H]1CN(C)S(=O)(=O)c1ccc(F)cc1. The number of hydrogen-bond acceptors (Lipinski definition) is 9. The van der Waals surface area contributed by atoms with E-state index in [1.165, 1.54) is 42.3 Å². The molecule has 1 amide bonds. The molecule has 11 nitrogen and oxygen atoms in total. The number of thiophene rings is 1. The van der Waals surface area contributed by atoms with Gasteiger partial charge in [-0.3, -0.25) is 9.52 Å². The summed E-state index contributed by atoms with van der Waals surface area (Å²) in [6, 6.07) is 11.6. The molecule has 0 unspecified atom stereocenters. The zero-order valence-corrected chi connectivity index (χ0v) is 29.3. The highest BCUT2D eigenvalue weighted by Crippen LogP contribution is 2.30. The number of aliphatic hydroxyl groups is 1. The van der Waals surface area contributed by atoms with Crippen LogP contribution in [-0.2, 0) is 24.8 Å². The molecule has 1 aromatic heterocycles. The predicted molar refractivity (Wildman–Crippen MR) is 178 cm³/mol. The highest BCUT2D eigenvalue weighted by molar-refractivity contribution is 7.94. The summed E-state index contributed by atoms with van der Waals surface area (Å²) in [5.41, 5.74) is 0.280. The van der Waals surface area contributed by atoms with Gasteiger partial charge in [0, 0.05) is 38.3 Å². The molecule has 1 aliphatic heterocycles. The Hall–Kier alpha value is -3.08. The number of carbonyl (C=O) groups excluding carboxylic acids is 1. The number of carbonyl (C=O) groups is 1. The molecule has 2 N–H and O–H groups in total. The van der Waals surface area contributed by atoms with E-state index in [9.17, 15) is 31.1 Å². The number of fused-ring (bicyclic) bond motifs is 1. The number of anilines is 1. The zero-order chi connectivity index (χ0) is 34.4. The van der Waals surface area contributed by atoms with Gasteiger partial charge in [0.1, 0.15) is 15.8 Å². The van der Waals surface area contributed by atoms with E-state index in [0.29, 0.717) is 19.4 Å². The Morgan fingerprint density at radius 3 is 2.49 bits per heavy atom. The van der Waals surface area contributed by atoms with Crippen LogP contribution in [0.4, 0.5) is 10.1 Å². The van der Waals surface area contributed by atoms with E-state index in [-0.39, 0.29) is 51.9 Å². The Kier molecular flexibility index (Phi) is 12.4. The van der Waals surface area contributed by atoms with Gasteiger partial charge >= 0.3 is 0 Å². The van der Waals surface area contributed by atoms with E-state index in [1.54, 1.807) is 24.4 Å². The van der Waals surface area contributed by atoms with Crippen LogP contribution in [0, 0.1) is 11.7 Å². The normalized spacial score (nSPS) is 21.0. The second kappa shape index (κ2) is 15.9. The lowest BCUT2D eigenvalue weighted by Crippen LogP contribution is -2.48. The van der Waals surface area contributed by atoms with Crippen molar-refractivity contribution >= 4 is 43.0 Å². The van der Waals surface area contributed by atoms with Crippen LogP contribution in [0.25, 0.3) is 0 Å². The molecule has 258 valence electrons. The number of sulfonamides is 2. The van der Waals surface area contributed by atoms with Crippen molar-refractivity contribution in [3.63, 3.8) is 0 Å². The van der Waals surface area contributed by atoms with Crippen LogP contribution in [-0.4, -0.2) is 88.7 Å². The molecule has 4 rings (SSSR count). The van der Waals surface area contributed by atoms with Gasteiger partial charge in [0.2, 0.25) is 10.0 Å². The summed E-state index contributed by atoms with van der Waals surface area (Å²) in [4.78, 5) is 15.7.